The highest BCUT2D eigenvalue weighted by Crippen LogP contribution is 2.38. The van der Waals surface area contributed by atoms with Crippen molar-refractivity contribution in [3.63, 3.8) is 0 Å². The summed E-state index contributed by atoms with van der Waals surface area (Å²) >= 11 is 5.31. The van der Waals surface area contributed by atoms with Crippen molar-refractivity contribution in [3.8, 4) is 11.4 Å². The molecule has 2 heterocycles. The summed E-state index contributed by atoms with van der Waals surface area (Å²) in [5, 5.41) is 8.62. The molecule has 2 aromatic heterocycles. The fraction of sp³-hybridized carbons (Fsp3) is 0.353. The van der Waals surface area contributed by atoms with E-state index in [0.29, 0.717) is 4.77 Å². The Morgan fingerprint density at radius 1 is 1.23 bits per heavy atom. The Balaban J connectivity index is 2.20. The first-order valence-corrected chi connectivity index (χ1v) is 8.01. The highest BCUT2D eigenvalue weighted by atomic mass is 32.1. The number of rotatable bonds is 1. The number of benzene rings is 1. The summed E-state index contributed by atoms with van der Waals surface area (Å²) in [4.78, 5) is 4.93. The lowest BCUT2D eigenvalue weighted by Crippen LogP contribution is -2.02. The lowest BCUT2D eigenvalue weighted by atomic mass is 9.96. The molecule has 5 heteroatoms. The van der Waals surface area contributed by atoms with Crippen LogP contribution in [0.25, 0.3) is 22.3 Å². The van der Waals surface area contributed by atoms with E-state index in [4.69, 9.17) is 17.2 Å². The van der Waals surface area contributed by atoms with Gasteiger partial charge in [0.1, 0.15) is 0 Å². The summed E-state index contributed by atoms with van der Waals surface area (Å²) in [6, 6.07) is 4.39. The van der Waals surface area contributed by atoms with Crippen molar-refractivity contribution in [2.75, 3.05) is 0 Å². The third-order valence-corrected chi connectivity index (χ3v) is 4.92. The van der Waals surface area contributed by atoms with Crippen molar-refractivity contribution in [2.45, 2.75) is 33.1 Å². The van der Waals surface area contributed by atoms with Gasteiger partial charge in [-0.1, -0.05) is 6.07 Å². The van der Waals surface area contributed by atoms with Crippen LogP contribution in [0.1, 0.15) is 28.8 Å². The van der Waals surface area contributed by atoms with E-state index < -0.39 is 0 Å². The van der Waals surface area contributed by atoms with E-state index in [1.54, 1.807) is 0 Å². The molecule has 1 N–H and O–H groups in total. The maximum atomic E-state index is 5.31. The van der Waals surface area contributed by atoms with Gasteiger partial charge in [0, 0.05) is 23.7 Å². The van der Waals surface area contributed by atoms with E-state index in [2.05, 4.69) is 36.2 Å². The Morgan fingerprint density at radius 3 is 2.77 bits per heavy atom. The van der Waals surface area contributed by atoms with Crippen LogP contribution in [0.3, 0.4) is 0 Å². The molecule has 3 aromatic rings. The van der Waals surface area contributed by atoms with Crippen LogP contribution in [0, 0.1) is 18.6 Å². The molecule has 4 rings (SSSR count). The number of fused-ring (bicyclic) bond motifs is 2. The molecule has 1 aromatic carbocycles. The molecule has 0 aliphatic heterocycles. The molecule has 0 saturated heterocycles. The number of nitrogens with zero attached hydrogens (tertiary/aromatic N) is 3. The van der Waals surface area contributed by atoms with Crippen LogP contribution in [0.5, 0.6) is 0 Å². The van der Waals surface area contributed by atoms with Crippen LogP contribution in [-0.4, -0.2) is 19.7 Å². The predicted molar refractivity (Wildman–Crippen MR) is 90.6 cm³/mol. The molecule has 0 radical (unpaired) electrons. The highest BCUT2D eigenvalue weighted by Gasteiger charge is 2.24. The Morgan fingerprint density at radius 2 is 2.05 bits per heavy atom. The van der Waals surface area contributed by atoms with Crippen LogP contribution in [0.2, 0.25) is 0 Å². The molecule has 0 bridgehead atoms. The summed E-state index contributed by atoms with van der Waals surface area (Å²) in [6.07, 6.45) is 3.29. The molecule has 0 amide bonds. The molecular formula is C17H18N4S. The maximum Gasteiger partial charge on any atom is 0.195 e. The molecule has 1 aliphatic rings. The van der Waals surface area contributed by atoms with Gasteiger partial charge in [-0.3, -0.25) is 10.1 Å². The van der Waals surface area contributed by atoms with Gasteiger partial charge in [0.25, 0.3) is 0 Å². The molecule has 22 heavy (non-hydrogen) atoms. The van der Waals surface area contributed by atoms with Crippen LogP contribution >= 0.6 is 12.2 Å². The minimum Gasteiger partial charge on any atom is -0.303 e. The van der Waals surface area contributed by atoms with Gasteiger partial charge < -0.3 is 4.57 Å². The Bertz CT molecular complexity index is 965. The summed E-state index contributed by atoms with van der Waals surface area (Å²) in [5.41, 5.74) is 7.35. The highest BCUT2D eigenvalue weighted by molar-refractivity contribution is 7.71. The third-order valence-electron chi connectivity index (χ3n) is 4.56. The van der Waals surface area contributed by atoms with Gasteiger partial charge in [0.2, 0.25) is 0 Å². The Hall–Kier alpha value is -2.01. The number of aromatic amines is 1. The minimum absolute atomic E-state index is 0.650. The second kappa shape index (κ2) is 4.74. The number of nitrogens with one attached hydrogen (secondary N) is 1. The van der Waals surface area contributed by atoms with Crippen LogP contribution in [0.15, 0.2) is 12.1 Å². The average Bonchev–Trinajstić information content (AvgIpc) is 3.04. The summed E-state index contributed by atoms with van der Waals surface area (Å²) in [5.74, 6) is 0.919. The number of aryl methyl sites for hydroxylation is 3. The molecule has 0 spiro atoms. The number of pyridine rings is 1. The molecular weight excluding hydrogens is 292 g/mol. The SMILES string of the molecule is Cc1cc(C)c2c(-c3n[nH]c(=S)n3C)c3c(nc2c1)CCC3. The van der Waals surface area contributed by atoms with E-state index in [-0.39, 0.29) is 0 Å². The van der Waals surface area contributed by atoms with Crippen LogP contribution in [0.4, 0.5) is 0 Å². The van der Waals surface area contributed by atoms with E-state index in [9.17, 15) is 0 Å². The molecule has 0 unspecified atom stereocenters. The first kappa shape index (κ1) is 13.6. The number of hydrogen-bond donors (Lipinski definition) is 1. The number of aromatic nitrogens is 4. The fourth-order valence-electron chi connectivity index (χ4n) is 3.59. The Labute approximate surface area is 134 Å². The van der Waals surface area contributed by atoms with Crippen molar-refractivity contribution in [3.05, 3.63) is 39.3 Å². The van der Waals surface area contributed by atoms with E-state index in [1.807, 2.05) is 11.6 Å². The monoisotopic (exact) mass is 310 g/mol. The minimum atomic E-state index is 0.650. The zero-order valence-corrected chi connectivity index (χ0v) is 13.8. The number of hydrogen-bond acceptors (Lipinski definition) is 3. The topological polar surface area (TPSA) is 46.5 Å². The largest absolute Gasteiger partial charge is 0.303 e. The van der Waals surface area contributed by atoms with Gasteiger partial charge in [-0.15, -0.1) is 0 Å². The maximum absolute atomic E-state index is 5.31. The summed E-state index contributed by atoms with van der Waals surface area (Å²) in [6.45, 7) is 4.28. The van der Waals surface area contributed by atoms with Gasteiger partial charge in [-0.2, -0.15) is 5.10 Å². The van der Waals surface area contributed by atoms with Crippen LogP contribution in [-0.2, 0) is 19.9 Å². The van der Waals surface area contributed by atoms with Gasteiger partial charge in [0.05, 0.1) is 5.52 Å². The van der Waals surface area contributed by atoms with Gasteiger partial charge in [-0.05, 0) is 68.1 Å². The smallest absolute Gasteiger partial charge is 0.195 e. The fourth-order valence-corrected chi connectivity index (χ4v) is 3.72. The van der Waals surface area contributed by atoms with E-state index in [0.717, 1.165) is 24.2 Å². The summed E-state index contributed by atoms with van der Waals surface area (Å²) in [7, 11) is 1.97. The first-order valence-electron chi connectivity index (χ1n) is 7.60. The second-order valence-corrected chi connectivity index (χ2v) is 6.54. The predicted octanol–water partition coefficient (Wildman–Crippen LogP) is 3.80. The standard InChI is InChI=1S/C17H18N4S/c1-9-7-10(2)14-13(8-9)18-12-6-4-5-11(12)15(14)16-19-20-17(22)21(16)3/h7-8H,4-6H2,1-3H3,(H,20,22). The van der Waals surface area contributed by atoms with Crippen molar-refractivity contribution in [1.29, 1.82) is 0 Å². The van der Waals surface area contributed by atoms with Crippen molar-refractivity contribution < 1.29 is 0 Å². The molecule has 4 nitrogen and oxygen atoms in total. The normalized spacial score (nSPS) is 13.8. The summed E-state index contributed by atoms with van der Waals surface area (Å²) < 4.78 is 2.61. The first-order chi connectivity index (χ1) is 10.6. The van der Waals surface area contributed by atoms with E-state index >= 15 is 0 Å². The lowest BCUT2D eigenvalue weighted by molar-refractivity contribution is 0.893. The molecule has 0 fully saturated rings. The lowest BCUT2D eigenvalue weighted by Gasteiger charge is -2.14. The average molecular weight is 310 g/mol. The zero-order chi connectivity index (χ0) is 15.4. The van der Waals surface area contributed by atoms with Crippen molar-refractivity contribution in [1.82, 2.24) is 19.7 Å². The Kier molecular flexibility index (Phi) is 2.94. The molecule has 1 aliphatic carbocycles. The third kappa shape index (κ3) is 1.85. The second-order valence-electron chi connectivity index (χ2n) is 6.15. The zero-order valence-electron chi connectivity index (χ0n) is 13.0. The van der Waals surface area contributed by atoms with Gasteiger partial charge in [0.15, 0.2) is 10.6 Å². The van der Waals surface area contributed by atoms with Gasteiger partial charge in [-0.25, -0.2) is 0 Å². The quantitative estimate of drug-likeness (QED) is 0.695. The van der Waals surface area contributed by atoms with Crippen LogP contribution < -0.4 is 0 Å². The van der Waals surface area contributed by atoms with Crippen molar-refractivity contribution in [2.24, 2.45) is 7.05 Å². The molecule has 0 saturated carbocycles. The van der Waals surface area contributed by atoms with E-state index in [1.165, 1.54) is 39.8 Å². The van der Waals surface area contributed by atoms with Crippen molar-refractivity contribution >= 4 is 23.1 Å². The molecule has 0 atom stereocenters. The molecule has 112 valence electrons. The number of H-pyrrole nitrogens is 1. The van der Waals surface area contributed by atoms with Gasteiger partial charge >= 0.3 is 0 Å².